The van der Waals surface area contributed by atoms with Gasteiger partial charge in [-0.2, -0.15) is 0 Å². The second kappa shape index (κ2) is 7.08. The summed E-state index contributed by atoms with van der Waals surface area (Å²) >= 11 is 0. The molecule has 130 valence electrons. The molecule has 23 heavy (non-hydrogen) atoms. The molecule has 4 fully saturated rings. The molecule has 0 spiro atoms. The number of nitrogens with zero attached hydrogens (tertiary/aromatic N) is 3. The Morgan fingerprint density at radius 1 is 0.913 bits per heavy atom. The van der Waals surface area contributed by atoms with E-state index in [1.165, 1.54) is 45.4 Å². The fourth-order valence-corrected chi connectivity index (χ4v) is 4.79. The van der Waals surface area contributed by atoms with Gasteiger partial charge in [0.25, 0.3) is 5.91 Å². The van der Waals surface area contributed by atoms with Gasteiger partial charge in [0.05, 0.1) is 6.10 Å². The van der Waals surface area contributed by atoms with Gasteiger partial charge >= 0.3 is 0 Å². The average Bonchev–Trinajstić information content (AvgIpc) is 3.32. The van der Waals surface area contributed by atoms with Crippen LogP contribution in [0, 0.1) is 5.92 Å². The Balaban J connectivity index is 1.25. The minimum atomic E-state index is -0.151. The van der Waals surface area contributed by atoms with E-state index in [-0.39, 0.29) is 12.0 Å². The maximum Gasteiger partial charge on any atom is 0.251 e. The molecule has 4 heterocycles. The van der Waals surface area contributed by atoms with Crippen LogP contribution < -0.4 is 0 Å². The topological polar surface area (TPSA) is 36.0 Å². The number of fused-ring (bicyclic) bond motifs is 1. The summed E-state index contributed by atoms with van der Waals surface area (Å²) in [6, 6.07) is 0. The zero-order valence-corrected chi connectivity index (χ0v) is 14.3. The number of hydrogen-bond donors (Lipinski definition) is 0. The normalized spacial score (nSPS) is 35.8. The van der Waals surface area contributed by atoms with Gasteiger partial charge in [0.15, 0.2) is 0 Å². The Labute approximate surface area is 139 Å². The van der Waals surface area contributed by atoms with Gasteiger partial charge in [-0.1, -0.05) is 0 Å². The van der Waals surface area contributed by atoms with Crippen LogP contribution in [0.5, 0.6) is 0 Å². The molecule has 0 aromatic rings. The van der Waals surface area contributed by atoms with Crippen molar-refractivity contribution in [1.82, 2.24) is 14.7 Å². The number of likely N-dealkylation sites (tertiary alicyclic amines) is 3. The molecule has 4 saturated heterocycles. The minimum absolute atomic E-state index is 0.151. The highest BCUT2D eigenvalue weighted by Gasteiger charge is 2.43. The number of hydrogen-bond acceptors (Lipinski definition) is 4. The highest BCUT2D eigenvalue weighted by atomic mass is 16.5. The first-order chi connectivity index (χ1) is 11.3. The Morgan fingerprint density at radius 3 is 2.39 bits per heavy atom. The molecule has 5 nitrogen and oxygen atoms in total. The molecule has 4 aliphatic rings. The van der Waals surface area contributed by atoms with Crippen LogP contribution in [0.2, 0.25) is 0 Å². The molecule has 0 radical (unpaired) electrons. The third-order valence-corrected chi connectivity index (χ3v) is 6.26. The quantitative estimate of drug-likeness (QED) is 0.779. The molecular weight excluding hydrogens is 290 g/mol. The number of carbonyl (C=O) groups excluding carboxylic acids is 1. The summed E-state index contributed by atoms with van der Waals surface area (Å²) in [6.45, 7) is 9.02. The molecule has 4 rings (SSSR count). The van der Waals surface area contributed by atoms with Gasteiger partial charge in [-0.25, -0.2) is 0 Å². The molecule has 0 bridgehead atoms. The highest BCUT2D eigenvalue weighted by Crippen LogP contribution is 2.34. The third-order valence-electron chi connectivity index (χ3n) is 6.26. The molecule has 0 aliphatic carbocycles. The predicted octanol–water partition coefficient (Wildman–Crippen LogP) is 1.18. The number of rotatable bonds is 4. The summed E-state index contributed by atoms with van der Waals surface area (Å²) in [5, 5.41) is 0. The van der Waals surface area contributed by atoms with E-state index in [1.807, 2.05) is 4.90 Å². The zero-order chi connectivity index (χ0) is 15.6. The van der Waals surface area contributed by atoms with E-state index in [9.17, 15) is 4.79 Å². The fraction of sp³-hybridized carbons (Fsp3) is 0.944. The Morgan fingerprint density at radius 2 is 1.61 bits per heavy atom. The van der Waals surface area contributed by atoms with Crippen LogP contribution in [-0.4, -0.2) is 85.2 Å². The first-order valence-electron chi connectivity index (χ1n) is 9.68. The fourth-order valence-electron chi connectivity index (χ4n) is 4.79. The van der Waals surface area contributed by atoms with Crippen LogP contribution in [0.3, 0.4) is 0 Å². The smallest absolute Gasteiger partial charge is 0.251 e. The summed E-state index contributed by atoms with van der Waals surface area (Å²) < 4.78 is 6.20. The van der Waals surface area contributed by atoms with Crippen molar-refractivity contribution in [3.63, 3.8) is 0 Å². The maximum absolute atomic E-state index is 12.6. The van der Waals surface area contributed by atoms with Gasteiger partial charge in [0, 0.05) is 32.7 Å². The van der Waals surface area contributed by atoms with E-state index in [4.69, 9.17) is 4.74 Å². The van der Waals surface area contributed by atoms with E-state index < -0.39 is 0 Å². The average molecular weight is 321 g/mol. The summed E-state index contributed by atoms with van der Waals surface area (Å²) in [7, 11) is 0. The molecule has 0 aromatic carbocycles. The van der Waals surface area contributed by atoms with Gasteiger partial charge in [-0.05, 0) is 64.1 Å². The lowest BCUT2D eigenvalue weighted by molar-refractivity contribution is -0.142. The molecule has 0 saturated carbocycles. The van der Waals surface area contributed by atoms with Crippen molar-refractivity contribution < 1.29 is 9.53 Å². The van der Waals surface area contributed by atoms with E-state index >= 15 is 0 Å². The number of ether oxygens (including phenoxy) is 1. The Hall–Kier alpha value is -0.650. The first kappa shape index (κ1) is 15.9. The zero-order valence-electron chi connectivity index (χ0n) is 14.3. The van der Waals surface area contributed by atoms with Gasteiger partial charge in [-0.3, -0.25) is 9.69 Å². The van der Waals surface area contributed by atoms with Gasteiger partial charge in [0.2, 0.25) is 0 Å². The van der Waals surface area contributed by atoms with Gasteiger partial charge in [-0.15, -0.1) is 0 Å². The van der Waals surface area contributed by atoms with Crippen LogP contribution in [0.4, 0.5) is 0 Å². The monoisotopic (exact) mass is 321 g/mol. The van der Waals surface area contributed by atoms with Crippen LogP contribution in [0.25, 0.3) is 0 Å². The van der Waals surface area contributed by atoms with Crippen molar-refractivity contribution >= 4 is 5.91 Å². The molecule has 0 N–H and O–H groups in total. The molecular formula is C18H31N3O2. The summed E-state index contributed by atoms with van der Waals surface area (Å²) in [6.07, 6.45) is 7.36. The number of piperidine rings is 1. The van der Waals surface area contributed by atoms with E-state index in [0.717, 1.165) is 45.4 Å². The second-order valence-corrected chi connectivity index (χ2v) is 7.83. The number of amides is 1. The van der Waals surface area contributed by atoms with Crippen molar-refractivity contribution in [2.75, 3.05) is 52.4 Å². The summed E-state index contributed by atoms with van der Waals surface area (Å²) in [4.78, 5) is 19.7. The molecule has 0 aromatic heterocycles. The van der Waals surface area contributed by atoms with E-state index in [0.29, 0.717) is 12.0 Å². The molecule has 1 amide bonds. The lowest BCUT2D eigenvalue weighted by atomic mass is 9.91. The highest BCUT2D eigenvalue weighted by molar-refractivity contribution is 5.81. The summed E-state index contributed by atoms with van der Waals surface area (Å²) in [5.41, 5.74) is 0. The largest absolute Gasteiger partial charge is 0.364 e. The Kier molecular flexibility index (Phi) is 4.88. The summed E-state index contributed by atoms with van der Waals surface area (Å²) in [5.74, 6) is 0.870. The molecule has 3 atom stereocenters. The third kappa shape index (κ3) is 3.57. The first-order valence-corrected chi connectivity index (χ1v) is 9.68. The van der Waals surface area contributed by atoms with Crippen molar-refractivity contribution in [2.45, 2.75) is 50.7 Å². The van der Waals surface area contributed by atoms with Crippen LogP contribution >= 0.6 is 0 Å². The van der Waals surface area contributed by atoms with Crippen LogP contribution in [-0.2, 0) is 9.53 Å². The lowest BCUT2D eigenvalue weighted by Gasteiger charge is -2.34. The molecule has 0 unspecified atom stereocenters. The SMILES string of the molecule is O=C([C@@H]1C[C@@H]2CCN(CCN3CCCC3)C[C@H]2O1)N1CCCC1. The molecule has 5 heteroatoms. The van der Waals surface area contributed by atoms with Gasteiger partial charge < -0.3 is 14.5 Å². The standard InChI is InChI=1S/C18H31N3O2/c22-18(21-8-3-4-9-21)16-13-15-5-10-20(14-17(15)23-16)12-11-19-6-1-2-7-19/h15-17H,1-14H2/t15-,16-,17+/m0/s1. The van der Waals surface area contributed by atoms with Crippen molar-refractivity contribution in [3.8, 4) is 0 Å². The van der Waals surface area contributed by atoms with E-state index in [1.54, 1.807) is 0 Å². The predicted molar refractivity (Wildman–Crippen MR) is 89.3 cm³/mol. The minimum Gasteiger partial charge on any atom is -0.364 e. The maximum atomic E-state index is 12.6. The van der Waals surface area contributed by atoms with Crippen molar-refractivity contribution in [2.24, 2.45) is 5.92 Å². The molecule has 4 aliphatic heterocycles. The second-order valence-electron chi connectivity index (χ2n) is 7.83. The van der Waals surface area contributed by atoms with Gasteiger partial charge in [0.1, 0.15) is 6.10 Å². The van der Waals surface area contributed by atoms with E-state index in [2.05, 4.69) is 9.80 Å². The number of carbonyl (C=O) groups is 1. The van der Waals surface area contributed by atoms with Crippen molar-refractivity contribution in [3.05, 3.63) is 0 Å². The van der Waals surface area contributed by atoms with Crippen molar-refractivity contribution in [1.29, 1.82) is 0 Å². The Bertz CT molecular complexity index is 418. The lowest BCUT2D eigenvalue weighted by Crippen LogP contribution is -2.45. The van der Waals surface area contributed by atoms with Crippen LogP contribution in [0.1, 0.15) is 38.5 Å². The van der Waals surface area contributed by atoms with Crippen LogP contribution in [0.15, 0.2) is 0 Å².